The molecule has 6 nitrogen and oxygen atoms in total. The van der Waals surface area contributed by atoms with Crippen molar-refractivity contribution in [1.82, 2.24) is 15.0 Å². The third kappa shape index (κ3) is 2.49. The van der Waals surface area contributed by atoms with E-state index in [2.05, 4.69) is 15.0 Å². The number of furan rings is 1. The molecule has 0 aliphatic carbocycles. The number of aryl methyl sites for hydroxylation is 1. The fourth-order valence-electron chi connectivity index (χ4n) is 3.44. The summed E-state index contributed by atoms with van der Waals surface area (Å²) in [4.78, 5) is 6.75. The van der Waals surface area contributed by atoms with E-state index in [1.807, 2.05) is 19.1 Å². The summed E-state index contributed by atoms with van der Waals surface area (Å²) in [6.07, 6.45) is 5.01. The van der Waals surface area contributed by atoms with Gasteiger partial charge < -0.3 is 13.7 Å². The molecule has 3 atom stereocenters. The van der Waals surface area contributed by atoms with Gasteiger partial charge in [0.15, 0.2) is 5.82 Å². The van der Waals surface area contributed by atoms with E-state index >= 15 is 0 Å². The molecule has 0 amide bonds. The molecule has 21 heavy (non-hydrogen) atoms. The van der Waals surface area contributed by atoms with Gasteiger partial charge in [-0.15, -0.1) is 0 Å². The summed E-state index contributed by atoms with van der Waals surface area (Å²) in [6.45, 7) is 3.74. The van der Waals surface area contributed by atoms with Gasteiger partial charge in [0.25, 0.3) is 5.89 Å². The summed E-state index contributed by atoms with van der Waals surface area (Å²) in [5, 5.41) is 3.85. The van der Waals surface area contributed by atoms with E-state index in [9.17, 15) is 0 Å². The lowest BCUT2D eigenvalue weighted by molar-refractivity contribution is -0.0836. The molecule has 4 heterocycles. The molecular formula is C15H19N3O3. The van der Waals surface area contributed by atoms with Gasteiger partial charge >= 0.3 is 0 Å². The Morgan fingerprint density at radius 3 is 3.05 bits per heavy atom. The third-order valence-corrected chi connectivity index (χ3v) is 4.42. The van der Waals surface area contributed by atoms with Crippen LogP contribution in [0.25, 0.3) is 0 Å². The van der Waals surface area contributed by atoms with Crippen molar-refractivity contribution in [3.63, 3.8) is 0 Å². The molecule has 0 N–H and O–H groups in total. The quantitative estimate of drug-likeness (QED) is 0.865. The van der Waals surface area contributed by atoms with Gasteiger partial charge in [-0.3, -0.25) is 4.90 Å². The van der Waals surface area contributed by atoms with Crippen LogP contribution in [0.5, 0.6) is 0 Å². The van der Waals surface area contributed by atoms with Crippen LogP contribution in [0.2, 0.25) is 0 Å². The van der Waals surface area contributed by atoms with E-state index in [-0.39, 0.29) is 12.2 Å². The molecule has 112 valence electrons. The minimum atomic E-state index is -0.0454. The zero-order valence-electron chi connectivity index (χ0n) is 12.1. The summed E-state index contributed by atoms with van der Waals surface area (Å²) >= 11 is 0. The van der Waals surface area contributed by atoms with Crippen LogP contribution in [-0.4, -0.2) is 33.7 Å². The fraction of sp³-hybridized carbons (Fsp3) is 0.600. The molecule has 2 fully saturated rings. The molecule has 2 aliphatic rings. The van der Waals surface area contributed by atoms with Gasteiger partial charge in [-0.1, -0.05) is 5.16 Å². The first-order valence-electron chi connectivity index (χ1n) is 7.52. The van der Waals surface area contributed by atoms with E-state index in [4.69, 9.17) is 13.7 Å². The number of likely N-dealkylation sites (tertiary alicyclic amines) is 1. The van der Waals surface area contributed by atoms with Crippen molar-refractivity contribution in [2.75, 3.05) is 6.54 Å². The van der Waals surface area contributed by atoms with Crippen molar-refractivity contribution in [2.45, 2.75) is 51.0 Å². The zero-order chi connectivity index (χ0) is 14.2. The molecule has 0 aromatic carbocycles. The van der Waals surface area contributed by atoms with Gasteiger partial charge in [-0.2, -0.15) is 4.98 Å². The predicted octanol–water partition coefficient (Wildman–Crippen LogP) is 2.47. The van der Waals surface area contributed by atoms with Gasteiger partial charge in [0.05, 0.1) is 18.9 Å². The van der Waals surface area contributed by atoms with Gasteiger partial charge in [0, 0.05) is 12.6 Å². The monoisotopic (exact) mass is 289 g/mol. The Kier molecular flexibility index (Phi) is 3.27. The van der Waals surface area contributed by atoms with Gasteiger partial charge in [0.1, 0.15) is 11.9 Å². The van der Waals surface area contributed by atoms with Gasteiger partial charge in [-0.25, -0.2) is 0 Å². The van der Waals surface area contributed by atoms with Crippen molar-refractivity contribution >= 4 is 0 Å². The van der Waals surface area contributed by atoms with E-state index < -0.39 is 0 Å². The highest BCUT2D eigenvalue weighted by Gasteiger charge is 2.41. The first-order chi connectivity index (χ1) is 10.3. The van der Waals surface area contributed by atoms with Gasteiger partial charge in [-0.05, 0) is 38.3 Å². The SMILES string of the molecule is Cc1noc([C@H]2CC[C@@H]3[C@@H](CCN3Cc3ccco3)O2)n1. The Morgan fingerprint density at radius 1 is 1.33 bits per heavy atom. The highest BCUT2D eigenvalue weighted by atomic mass is 16.5. The average molecular weight is 289 g/mol. The summed E-state index contributed by atoms with van der Waals surface area (Å²) in [6, 6.07) is 4.44. The Labute approximate surface area is 123 Å². The van der Waals surface area contributed by atoms with Crippen molar-refractivity contribution in [3.05, 3.63) is 35.9 Å². The first kappa shape index (κ1) is 13.0. The predicted molar refractivity (Wildman–Crippen MR) is 73.4 cm³/mol. The normalized spacial score (nSPS) is 29.7. The summed E-state index contributed by atoms with van der Waals surface area (Å²) < 4.78 is 16.9. The van der Waals surface area contributed by atoms with Crippen LogP contribution < -0.4 is 0 Å². The molecule has 0 saturated carbocycles. The Hall–Kier alpha value is -1.66. The van der Waals surface area contributed by atoms with Crippen molar-refractivity contribution in [1.29, 1.82) is 0 Å². The minimum Gasteiger partial charge on any atom is -0.468 e. The van der Waals surface area contributed by atoms with E-state index in [0.717, 1.165) is 38.1 Å². The van der Waals surface area contributed by atoms with E-state index in [1.54, 1.807) is 6.26 Å². The van der Waals surface area contributed by atoms with Crippen LogP contribution in [0.15, 0.2) is 27.3 Å². The zero-order valence-corrected chi connectivity index (χ0v) is 12.1. The first-order valence-corrected chi connectivity index (χ1v) is 7.52. The number of aromatic nitrogens is 2. The number of hydrogen-bond donors (Lipinski definition) is 0. The molecule has 6 heteroatoms. The second-order valence-corrected chi connectivity index (χ2v) is 5.83. The van der Waals surface area contributed by atoms with Crippen LogP contribution in [0.4, 0.5) is 0 Å². The molecule has 0 radical (unpaired) electrons. The summed E-state index contributed by atoms with van der Waals surface area (Å²) in [7, 11) is 0. The standard InChI is InChI=1S/C15H19N3O3/c1-10-16-15(21-17-10)14-5-4-12-13(20-14)6-7-18(12)9-11-3-2-8-19-11/h2-3,8,12-14H,4-7,9H2,1H3/t12-,13-,14-/m1/s1. The highest BCUT2D eigenvalue weighted by Crippen LogP contribution is 2.38. The molecule has 2 aliphatic heterocycles. The second kappa shape index (κ2) is 5.27. The maximum Gasteiger partial charge on any atom is 0.255 e. The molecule has 0 unspecified atom stereocenters. The highest BCUT2D eigenvalue weighted by molar-refractivity contribution is 5.02. The number of rotatable bonds is 3. The Morgan fingerprint density at radius 2 is 2.29 bits per heavy atom. The maximum absolute atomic E-state index is 6.19. The lowest BCUT2D eigenvalue weighted by atomic mass is 9.99. The van der Waals surface area contributed by atoms with Gasteiger partial charge in [0.2, 0.25) is 0 Å². The molecular weight excluding hydrogens is 270 g/mol. The van der Waals surface area contributed by atoms with Crippen molar-refractivity contribution in [2.24, 2.45) is 0 Å². The second-order valence-electron chi connectivity index (χ2n) is 5.83. The Balaban J connectivity index is 1.42. The number of ether oxygens (including phenoxy) is 1. The molecule has 4 rings (SSSR count). The topological polar surface area (TPSA) is 64.5 Å². The third-order valence-electron chi connectivity index (χ3n) is 4.42. The summed E-state index contributed by atoms with van der Waals surface area (Å²) in [5.41, 5.74) is 0. The molecule has 0 spiro atoms. The molecule has 2 aromatic heterocycles. The largest absolute Gasteiger partial charge is 0.468 e. The maximum atomic E-state index is 6.19. The minimum absolute atomic E-state index is 0.0454. The molecule has 0 bridgehead atoms. The fourth-order valence-corrected chi connectivity index (χ4v) is 3.44. The van der Waals surface area contributed by atoms with Crippen LogP contribution in [0.3, 0.4) is 0 Å². The number of nitrogens with zero attached hydrogens (tertiary/aromatic N) is 3. The van der Waals surface area contributed by atoms with E-state index in [0.29, 0.717) is 17.8 Å². The van der Waals surface area contributed by atoms with Crippen LogP contribution >= 0.6 is 0 Å². The van der Waals surface area contributed by atoms with Crippen LogP contribution in [0, 0.1) is 6.92 Å². The lowest BCUT2D eigenvalue weighted by Crippen LogP contribution is -2.40. The number of fused-ring (bicyclic) bond motifs is 1. The van der Waals surface area contributed by atoms with Crippen LogP contribution in [-0.2, 0) is 11.3 Å². The molecule has 2 aromatic rings. The van der Waals surface area contributed by atoms with Crippen molar-refractivity contribution in [3.8, 4) is 0 Å². The van der Waals surface area contributed by atoms with E-state index in [1.165, 1.54) is 0 Å². The summed E-state index contributed by atoms with van der Waals surface area (Å²) in [5.74, 6) is 2.31. The smallest absolute Gasteiger partial charge is 0.255 e. The number of hydrogen-bond acceptors (Lipinski definition) is 6. The Bertz CT molecular complexity index is 595. The average Bonchev–Trinajstić information content (AvgIpc) is 3.21. The molecule has 2 saturated heterocycles. The lowest BCUT2D eigenvalue weighted by Gasteiger charge is -2.34. The van der Waals surface area contributed by atoms with Crippen molar-refractivity contribution < 1.29 is 13.7 Å². The van der Waals surface area contributed by atoms with Crippen LogP contribution in [0.1, 0.15) is 42.8 Å².